The first-order chi connectivity index (χ1) is 14.3. The number of phenols is 1. The number of hydrogen-bond acceptors (Lipinski definition) is 5. The van der Waals surface area contributed by atoms with Crippen molar-refractivity contribution in [3.8, 4) is 11.5 Å². The highest BCUT2D eigenvalue weighted by Gasteiger charge is 2.31. The molecule has 160 valence electrons. The summed E-state index contributed by atoms with van der Waals surface area (Å²) in [5.74, 6) is -1.12. The van der Waals surface area contributed by atoms with Crippen molar-refractivity contribution in [3.05, 3.63) is 58.9 Å². The second-order valence-electron chi connectivity index (χ2n) is 7.17. The van der Waals surface area contributed by atoms with Crippen LogP contribution < -0.4 is 10.5 Å². The van der Waals surface area contributed by atoms with Crippen molar-refractivity contribution in [3.63, 3.8) is 0 Å². The van der Waals surface area contributed by atoms with Crippen molar-refractivity contribution < 1.29 is 23.8 Å². The fraction of sp³-hybridized carbons (Fsp3) is 0.333. The summed E-state index contributed by atoms with van der Waals surface area (Å²) in [5, 5.41) is 10.2. The molecule has 0 radical (unpaired) electrons. The number of carbonyl (C=O) groups excluding carboxylic acids is 2. The third-order valence-corrected chi connectivity index (χ3v) is 5.15. The molecule has 2 aromatic rings. The average molecular weight is 436 g/mol. The summed E-state index contributed by atoms with van der Waals surface area (Å²) in [6.45, 7) is 1.73. The van der Waals surface area contributed by atoms with E-state index in [0.717, 1.165) is 5.56 Å². The Balaban J connectivity index is 1.62. The summed E-state index contributed by atoms with van der Waals surface area (Å²) in [5.41, 5.74) is 6.33. The number of halogens is 2. The molecule has 0 aliphatic carbocycles. The molecule has 0 bridgehead atoms. The molecule has 2 amide bonds. The van der Waals surface area contributed by atoms with Gasteiger partial charge in [0, 0.05) is 43.7 Å². The molecule has 1 heterocycles. The molecular weight excluding hydrogens is 413 g/mol. The monoisotopic (exact) mass is 435 g/mol. The maximum Gasteiger partial charge on any atom is 0.260 e. The Kier molecular flexibility index (Phi) is 7.12. The van der Waals surface area contributed by atoms with Crippen molar-refractivity contribution in [1.82, 2.24) is 9.80 Å². The largest absolute Gasteiger partial charge is 0.504 e. The number of aromatic hydroxyl groups is 1. The number of nitrogens with two attached hydrogens (primary N) is 1. The van der Waals surface area contributed by atoms with Crippen LogP contribution in [-0.2, 0) is 16.1 Å². The van der Waals surface area contributed by atoms with Gasteiger partial charge in [-0.2, -0.15) is 0 Å². The van der Waals surface area contributed by atoms with Crippen molar-refractivity contribution >= 4 is 23.4 Å². The van der Waals surface area contributed by atoms with E-state index in [-0.39, 0.29) is 36.3 Å². The Labute approximate surface area is 178 Å². The number of phenolic OH excluding ortho intramolecular Hbond substituents is 1. The normalized spacial score (nSPS) is 17.0. The lowest BCUT2D eigenvalue weighted by molar-refractivity contribution is -0.139. The lowest BCUT2D eigenvalue weighted by Crippen LogP contribution is -2.56. The molecule has 1 fully saturated rings. The van der Waals surface area contributed by atoms with E-state index in [4.69, 9.17) is 22.1 Å². The minimum absolute atomic E-state index is 0.0256. The molecule has 7 nitrogen and oxygen atoms in total. The minimum Gasteiger partial charge on any atom is -0.504 e. The Bertz CT molecular complexity index is 910. The van der Waals surface area contributed by atoms with Crippen LogP contribution in [0.4, 0.5) is 4.39 Å². The first-order valence-corrected chi connectivity index (χ1v) is 9.85. The summed E-state index contributed by atoms with van der Waals surface area (Å²) in [7, 11) is 0. The lowest BCUT2D eigenvalue weighted by atomic mass is 10.1. The molecule has 9 heteroatoms. The van der Waals surface area contributed by atoms with E-state index < -0.39 is 11.9 Å². The van der Waals surface area contributed by atoms with Crippen molar-refractivity contribution in [2.75, 3.05) is 26.2 Å². The molecule has 0 spiro atoms. The Morgan fingerprint density at radius 1 is 1.20 bits per heavy atom. The van der Waals surface area contributed by atoms with E-state index in [1.165, 1.54) is 24.3 Å². The van der Waals surface area contributed by atoms with E-state index >= 15 is 0 Å². The number of amides is 2. The van der Waals surface area contributed by atoms with Gasteiger partial charge in [-0.3, -0.25) is 14.5 Å². The van der Waals surface area contributed by atoms with Gasteiger partial charge in [-0.25, -0.2) is 4.39 Å². The predicted octanol–water partition coefficient (Wildman–Crippen LogP) is 2.15. The molecule has 0 unspecified atom stereocenters. The second-order valence-corrected chi connectivity index (χ2v) is 7.61. The van der Waals surface area contributed by atoms with Gasteiger partial charge in [-0.05, 0) is 29.8 Å². The van der Waals surface area contributed by atoms with E-state index in [9.17, 15) is 19.1 Å². The summed E-state index contributed by atoms with van der Waals surface area (Å²) in [6.07, 6.45) is 0.0256. The Morgan fingerprint density at radius 3 is 2.60 bits per heavy atom. The maximum absolute atomic E-state index is 13.1. The number of benzene rings is 2. The van der Waals surface area contributed by atoms with Crippen LogP contribution in [0.15, 0.2) is 42.5 Å². The summed E-state index contributed by atoms with van der Waals surface area (Å²) in [6, 6.07) is 10.2. The van der Waals surface area contributed by atoms with Crippen LogP contribution in [0.3, 0.4) is 0 Å². The van der Waals surface area contributed by atoms with Gasteiger partial charge < -0.3 is 20.5 Å². The standard InChI is InChI=1S/C21H23ClFN3O4/c22-15-3-6-19(18(27)9-15)30-13-21(29)26-8-7-25(12-17(26)10-20(24)28)11-14-1-4-16(23)5-2-14/h1-6,9,17,27H,7-8,10-13H2,(H2,24,28)/t17-/m1/s1. The highest BCUT2D eigenvalue weighted by atomic mass is 35.5. The van der Waals surface area contributed by atoms with Gasteiger partial charge in [-0.1, -0.05) is 23.7 Å². The topological polar surface area (TPSA) is 96.1 Å². The second kappa shape index (κ2) is 9.77. The first kappa shape index (κ1) is 21.9. The Hall–Kier alpha value is -2.84. The maximum atomic E-state index is 13.1. The molecule has 2 aromatic carbocycles. The lowest BCUT2D eigenvalue weighted by Gasteiger charge is -2.41. The van der Waals surface area contributed by atoms with Crippen LogP contribution >= 0.6 is 11.6 Å². The van der Waals surface area contributed by atoms with Crippen LogP contribution in [0.5, 0.6) is 11.5 Å². The number of hydrogen-bond donors (Lipinski definition) is 2. The molecule has 1 aliphatic heterocycles. The van der Waals surface area contributed by atoms with Gasteiger partial charge in [0.2, 0.25) is 5.91 Å². The molecule has 0 saturated carbocycles. The number of carbonyl (C=O) groups is 2. The Morgan fingerprint density at radius 2 is 1.93 bits per heavy atom. The third-order valence-electron chi connectivity index (χ3n) is 4.92. The molecule has 3 rings (SSSR count). The van der Waals surface area contributed by atoms with Gasteiger partial charge in [0.1, 0.15) is 5.82 Å². The number of rotatable bonds is 7. The quantitative estimate of drug-likeness (QED) is 0.694. The average Bonchev–Trinajstić information content (AvgIpc) is 2.68. The molecular formula is C21H23ClFN3O4. The van der Waals surface area contributed by atoms with Crippen LogP contribution in [0.1, 0.15) is 12.0 Å². The highest BCUT2D eigenvalue weighted by molar-refractivity contribution is 6.30. The van der Waals surface area contributed by atoms with Crippen LogP contribution in [-0.4, -0.2) is 59.0 Å². The van der Waals surface area contributed by atoms with Crippen molar-refractivity contribution in [1.29, 1.82) is 0 Å². The fourth-order valence-electron chi connectivity index (χ4n) is 3.48. The van der Waals surface area contributed by atoms with Gasteiger partial charge in [0.05, 0.1) is 6.04 Å². The zero-order valence-electron chi connectivity index (χ0n) is 16.3. The van der Waals surface area contributed by atoms with E-state index in [2.05, 4.69) is 4.90 Å². The molecule has 1 saturated heterocycles. The van der Waals surface area contributed by atoms with Crippen LogP contribution in [0, 0.1) is 5.82 Å². The number of piperazine rings is 1. The zero-order chi connectivity index (χ0) is 21.7. The van der Waals surface area contributed by atoms with E-state index in [1.807, 2.05) is 0 Å². The summed E-state index contributed by atoms with van der Waals surface area (Å²) >= 11 is 5.79. The minimum atomic E-state index is -0.502. The van der Waals surface area contributed by atoms with Gasteiger partial charge in [0.25, 0.3) is 5.91 Å². The highest BCUT2D eigenvalue weighted by Crippen LogP contribution is 2.29. The van der Waals surface area contributed by atoms with Gasteiger partial charge >= 0.3 is 0 Å². The van der Waals surface area contributed by atoms with E-state index in [1.54, 1.807) is 23.1 Å². The molecule has 30 heavy (non-hydrogen) atoms. The zero-order valence-corrected chi connectivity index (χ0v) is 17.0. The smallest absolute Gasteiger partial charge is 0.260 e. The summed E-state index contributed by atoms with van der Waals surface area (Å²) in [4.78, 5) is 27.9. The van der Waals surface area contributed by atoms with Crippen LogP contribution in [0.2, 0.25) is 5.02 Å². The van der Waals surface area contributed by atoms with Crippen LogP contribution in [0.25, 0.3) is 0 Å². The first-order valence-electron chi connectivity index (χ1n) is 9.47. The van der Waals surface area contributed by atoms with E-state index in [0.29, 0.717) is 31.2 Å². The molecule has 0 aromatic heterocycles. The molecule has 1 aliphatic rings. The number of ether oxygens (including phenoxy) is 1. The third kappa shape index (κ3) is 5.84. The SMILES string of the molecule is NC(=O)C[C@@H]1CN(Cc2ccc(F)cc2)CCN1C(=O)COc1ccc(Cl)cc1O. The van der Waals surface area contributed by atoms with Gasteiger partial charge in [-0.15, -0.1) is 0 Å². The van der Waals surface area contributed by atoms with Crippen molar-refractivity contribution in [2.24, 2.45) is 5.73 Å². The van der Waals surface area contributed by atoms with Gasteiger partial charge in [0.15, 0.2) is 18.1 Å². The predicted molar refractivity (Wildman–Crippen MR) is 110 cm³/mol. The molecule has 1 atom stereocenters. The van der Waals surface area contributed by atoms with Crippen molar-refractivity contribution in [2.45, 2.75) is 19.0 Å². The fourth-order valence-corrected chi connectivity index (χ4v) is 3.65. The summed E-state index contributed by atoms with van der Waals surface area (Å²) < 4.78 is 18.5. The number of primary amides is 1. The number of nitrogens with zero attached hydrogens (tertiary/aromatic N) is 2. The molecule has 3 N–H and O–H groups in total.